The molecule has 108 valence electrons. The molecule has 0 radical (unpaired) electrons. The highest BCUT2D eigenvalue weighted by Gasteiger charge is 2.23. The maximum Gasteiger partial charge on any atom is 0.268 e. The van der Waals surface area contributed by atoms with Gasteiger partial charge in [-0.2, -0.15) is 0 Å². The van der Waals surface area contributed by atoms with E-state index in [-0.39, 0.29) is 15.2 Å². The zero-order chi connectivity index (χ0) is 15.2. The minimum atomic E-state index is -3.74. The van der Waals surface area contributed by atoms with Crippen molar-refractivity contribution in [1.82, 2.24) is 8.96 Å². The third kappa shape index (κ3) is 2.31. The van der Waals surface area contributed by atoms with E-state index in [9.17, 15) is 8.42 Å². The number of halogens is 2. The number of benzene rings is 1. The van der Waals surface area contributed by atoms with Crippen LogP contribution < -0.4 is 0 Å². The summed E-state index contributed by atoms with van der Waals surface area (Å²) in [7, 11) is -3.74. The molecule has 0 N–H and O–H groups in total. The minimum Gasteiger partial charge on any atom is -0.235 e. The minimum absolute atomic E-state index is 0.0603. The van der Waals surface area contributed by atoms with Gasteiger partial charge in [-0.05, 0) is 31.2 Å². The summed E-state index contributed by atoms with van der Waals surface area (Å²) in [5, 5.41) is 0.920. The molecule has 0 fully saturated rings. The smallest absolute Gasteiger partial charge is 0.235 e. The topological polar surface area (TPSA) is 52.0 Å². The van der Waals surface area contributed by atoms with Crippen molar-refractivity contribution in [2.45, 2.75) is 11.8 Å². The van der Waals surface area contributed by atoms with Gasteiger partial charge in [0.05, 0.1) is 4.90 Å². The summed E-state index contributed by atoms with van der Waals surface area (Å²) < 4.78 is 26.8. The first kappa shape index (κ1) is 14.4. The molecule has 0 saturated carbocycles. The fourth-order valence-electron chi connectivity index (χ4n) is 2.27. The lowest BCUT2D eigenvalue weighted by Crippen LogP contribution is -2.14. The van der Waals surface area contributed by atoms with Crippen LogP contribution >= 0.6 is 23.2 Å². The summed E-state index contributed by atoms with van der Waals surface area (Å²) in [5.41, 5.74) is 0.877. The van der Waals surface area contributed by atoms with E-state index in [4.69, 9.17) is 23.2 Å². The molecular formula is C14H10Cl2N2O2S. The Balaban J connectivity index is 2.38. The highest BCUT2D eigenvalue weighted by molar-refractivity contribution is 7.90. The van der Waals surface area contributed by atoms with Crippen LogP contribution in [0.3, 0.4) is 0 Å². The van der Waals surface area contributed by atoms with Crippen LogP contribution in [0.25, 0.3) is 10.9 Å². The molecule has 0 spiro atoms. The van der Waals surface area contributed by atoms with Crippen molar-refractivity contribution in [3.63, 3.8) is 0 Å². The van der Waals surface area contributed by atoms with Gasteiger partial charge in [-0.3, -0.25) is 0 Å². The number of nitrogens with zero attached hydrogens (tertiary/aromatic N) is 2. The number of rotatable bonds is 2. The third-order valence-corrected chi connectivity index (χ3v) is 5.39. The van der Waals surface area contributed by atoms with Gasteiger partial charge in [-0.1, -0.05) is 41.4 Å². The Bertz CT molecular complexity index is 935. The van der Waals surface area contributed by atoms with Crippen LogP contribution in [0.2, 0.25) is 10.3 Å². The van der Waals surface area contributed by atoms with Crippen molar-refractivity contribution < 1.29 is 8.42 Å². The fourth-order valence-corrected chi connectivity index (χ4v) is 4.43. The zero-order valence-electron chi connectivity index (χ0n) is 10.9. The summed E-state index contributed by atoms with van der Waals surface area (Å²) in [4.78, 5) is 4.12. The molecule has 0 aliphatic heterocycles. The second-order valence-electron chi connectivity index (χ2n) is 4.54. The Morgan fingerprint density at radius 1 is 1.10 bits per heavy atom. The standard InChI is InChI=1S/C14H10Cl2N2O2S/c1-9-7-10-8-12(15)17-14(16)13(10)18(9)21(19,20)11-5-3-2-4-6-11/h2-8H,1H3. The second-order valence-corrected chi connectivity index (χ2v) is 7.07. The molecule has 21 heavy (non-hydrogen) atoms. The fraction of sp³-hybridized carbons (Fsp3) is 0.0714. The lowest BCUT2D eigenvalue weighted by atomic mass is 10.3. The van der Waals surface area contributed by atoms with Gasteiger partial charge in [0.2, 0.25) is 0 Å². The van der Waals surface area contributed by atoms with Crippen molar-refractivity contribution >= 4 is 44.1 Å². The molecule has 7 heteroatoms. The molecule has 0 aliphatic rings. The maximum atomic E-state index is 12.8. The summed E-state index contributed by atoms with van der Waals surface area (Å²) in [6.45, 7) is 1.70. The molecule has 1 aromatic carbocycles. The summed E-state index contributed by atoms with van der Waals surface area (Å²) in [6.07, 6.45) is 0. The van der Waals surface area contributed by atoms with Crippen molar-refractivity contribution in [3.05, 3.63) is 58.5 Å². The van der Waals surface area contributed by atoms with Crippen LogP contribution in [0.4, 0.5) is 0 Å². The summed E-state index contributed by atoms with van der Waals surface area (Å²) >= 11 is 12.0. The first-order chi connectivity index (χ1) is 9.91. The lowest BCUT2D eigenvalue weighted by Gasteiger charge is -2.10. The number of pyridine rings is 1. The molecule has 0 saturated heterocycles. The molecular weight excluding hydrogens is 331 g/mol. The third-order valence-electron chi connectivity index (χ3n) is 3.12. The van der Waals surface area contributed by atoms with Gasteiger partial charge >= 0.3 is 0 Å². The van der Waals surface area contributed by atoms with E-state index in [1.54, 1.807) is 37.3 Å². The molecule has 0 amide bonds. The van der Waals surface area contributed by atoms with Crippen LogP contribution in [0.1, 0.15) is 5.69 Å². The van der Waals surface area contributed by atoms with Gasteiger partial charge in [0, 0.05) is 11.1 Å². The largest absolute Gasteiger partial charge is 0.268 e. The van der Waals surface area contributed by atoms with Crippen LogP contribution in [0.5, 0.6) is 0 Å². The van der Waals surface area contributed by atoms with Crippen LogP contribution in [0, 0.1) is 6.92 Å². The van der Waals surface area contributed by atoms with Crippen molar-refractivity contribution in [3.8, 4) is 0 Å². The molecule has 0 aliphatic carbocycles. The Hall–Kier alpha value is -1.56. The molecule has 3 rings (SSSR count). The monoisotopic (exact) mass is 340 g/mol. The Kier molecular flexibility index (Phi) is 3.43. The van der Waals surface area contributed by atoms with Gasteiger partial charge in [-0.25, -0.2) is 17.4 Å². The highest BCUT2D eigenvalue weighted by atomic mass is 35.5. The van der Waals surface area contributed by atoms with Gasteiger partial charge in [0.15, 0.2) is 5.15 Å². The maximum absolute atomic E-state index is 12.8. The highest BCUT2D eigenvalue weighted by Crippen LogP contribution is 2.31. The Morgan fingerprint density at radius 3 is 2.43 bits per heavy atom. The van der Waals surface area contributed by atoms with E-state index >= 15 is 0 Å². The second kappa shape index (κ2) is 5.02. The van der Waals surface area contributed by atoms with Crippen molar-refractivity contribution in [2.75, 3.05) is 0 Å². The van der Waals surface area contributed by atoms with Crippen molar-refractivity contribution in [2.24, 2.45) is 0 Å². The molecule has 2 heterocycles. The molecule has 2 aromatic heterocycles. The normalized spacial score (nSPS) is 12.0. The van der Waals surface area contributed by atoms with E-state index in [0.717, 1.165) is 0 Å². The average Bonchev–Trinajstić information content (AvgIpc) is 2.76. The molecule has 4 nitrogen and oxygen atoms in total. The predicted octanol–water partition coefficient (Wildman–Crippen LogP) is 3.89. The quantitative estimate of drug-likeness (QED) is 0.665. The number of hydrogen-bond acceptors (Lipinski definition) is 3. The van der Waals surface area contributed by atoms with Gasteiger partial charge < -0.3 is 0 Å². The lowest BCUT2D eigenvalue weighted by molar-refractivity contribution is 0.588. The molecule has 3 aromatic rings. The zero-order valence-corrected chi connectivity index (χ0v) is 13.2. The number of aryl methyl sites for hydroxylation is 1. The van der Waals surface area contributed by atoms with Crippen molar-refractivity contribution in [1.29, 1.82) is 0 Å². The first-order valence-electron chi connectivity index (χ1n) is 6.06. The van der Waals surface area contributed by atoms with E-state index in [2.05, 4.69) is 4.98 Å². The number of hydrogen-bond donors (Lipinski definition) is 0. The van der Waals surface area contributed by atoms with Crippen LogP contribution in [0.15, 0.2) is 47.4 Å². The summed E-state index contributed by atoms with van der Waals surface area (Å²) in [5.74, 6) is 0. The predicted molar refractivity (Wildman–Crippen MR) is 83.5 cm³/mol. The number of aromatic nitrogens is 2. The van der Waals surface area contributed by atoms with E-state index in [1.807, 2.05) is 0 Å². The Morgan fingerprint density at radius 2 is 1.76 bits per heavy atom. The SMILES string of the molecule is Cc1cc2cc(Cl)nc(Cl)c2n1S(=O)(=O)c1ccccc1. The van der Waals surface area contributed by atoms with Crippen LogP contribution in [-0.4, -0.2) is 17.4 Å². The summed E-state index contributed by atoms with van der Waals surface area (Å²) in [6, 6.07) is 11.5. The van der Waals surface area contributed by atoms with Crippen LogP contribution in [-0.2, 0) is 10.0 Å². The Labute approximate surface area is 132 Å². The van der Waals surface area contributed by atoms with E-state index < -0.39 is 10.0 Å². The molecule has 0 atom stereocenters. The van der Waals surface area contributed by atoms with E-state index in [1.165, 1.54) is 16.1 Å². The average molecular weight is 341 g/mol. The molecule has 0 unspecified atom stereocenters. The van der Waals surface area contributed by atoms with Gasteiger partial charge in [-0.15, -0.1) is 0 Å². The first-order valence-corrected chi connectivity index (χ1v) is 8.25. The number of fused-ring (bicyclic) bond motifs is 1. The van der Waals surface area contributed by atoms with E-state index in [0.29, 0.717) is 16.6 Å². The molecule has 0 bridgehead atoms. The van der Waals surface area contributed by atoms with Gasteiger partial charge in [0.25, 0.3) is 10.0 Å². The van der Waals surface area contributed by atoms with Gasteiger partial charge in [0.1, 0.15) is 10.7 Å².